The van der Waals surface area contributed by atoms with E-state index in [4.69, 9.17) is 5.73 Å². The van der Waals surface area contributed by atoms with Crippen LogP contribution in [0.25, 0.3) is 11.3 Å². The average molecular weight is 311 g/mol. The zero-order valence-electron chi connectivity index (χ0n) is 10.8. The van der Waals surface area contributed by atoms with Crippen molar-refractivity contribution in [3.05, 3.63) is 57.8 Å². The molecule has 6 nitrogen and oxygen atoms in total. The number of benzene rings is 1. The Kier molecular flexibility index (Phi) is 3.81. The summed E-state index contributed by atoms with van der Waals surface area (Å²) < 4.78 is 39.0. The fraction of sp³-hybridized carbons (Fsp3) is 0.0769. The van der Waals surface area contributed by atoms with E-state index in [0.717, 1.165) is 24.3 Å². The number of rotatable bonds is 3. The number of nitrogens with zero attached hydrogens (tertiary/aromatic N) is 2. The summed E-state index contributed by atoms with van der Waals surface area (Å²) in [6, 6.07) is 6.10. The normalized spacial score (nSPS) is 11.2. The van der Waals surface area contributed by atoms with Crippen LogP contribution in [0.1, 0.15) is 16.1 Å². The molecule has 0 saturated carbocycles. The van der Waals surface area contributed by atoms with Crippen LogP contribution >= 0.6 is 0 Å². The molecule has 0 atom stereocenters. The third-order valence-electron chi connectivity index (χ3n) is 2.78. The average Bonchev–Trinajstić information content (AvgIpc) is 2.45. The molecule has 9 heteroatoms. The highest BCUT2D eigenvalue weighted by molar-refractivity contribution is 5.92. The minimum Gasteiger partial charge on any atom is -0.364 e. The molecule has 0 aliphatic rings. The van der Waals surface area contributed by atoms with Crippen molar-refractivity contribution in [1.29, 1.82) is 0 Å². The van der Waals surface area contributed by atoms with Crippen LogP contribution in [0.3, 0.4) is 0 Å². The number of halogens is 3. The summed E-state index contributed by atoms with van der Waals surface area (Å²) in [6.45, 7) is 0. The van der Waals surface area contributed by atoms with Gasteiger partial charge in [-0.25, -0.2) is 4.98 Å². The predicted octanol–water partition coefficient (Wildman–Crippen LogP) is 2.77. The molecule has 1 heterocycles. The molecule has 1 amide bonds. The number of carbonyl (C=O) groups is 1. The lowest BCUT2D eigenvalue weighted by molar-refractivity contribution is -0.384. The van der Waals surface area contributed by atoms with E-state index in [2.05, 4.69) is 4.98 Å². The topological polar surface area (TPSA) is 99.1 Å². The van der Waals surface area contributed by atoms with E-state index in [9.17, 15) is 28.1 Å². The number of nitro groups is 1. The summed E-state index contributed by atoms with van der Waals surface area (Å²) in [4.78, 5) is 24.8. The molecule has 0 fully saturated rings. The summed E-state index contributed by atoms with van der Waals surface area (Å²) in [7, 11) is 0. The van der Waals surface area contributed by atoms with Crippen LogP contribution in [0.5, 0.6) is 0 Å². The largest absolute Gasteiger partial charge is 0.417 e. The second-order valence-electron chi connectivity index (χ2n) is 4.26. The van der Waals surface area contributed by atoms with Crippen molar-refractivity contribution >= 4 is 11.6 Å². The summed E-state index contributed by atoms with van der Waals surface area (Å²) >= 11 is 0. The molecule has 22 heavy (non-hydrogen) atoms. The van der Waals surface area contributed by atoms with Gasteiger partial charge in [0, 0.05) is 17.7 Å². The minimum absolute atomic E-state index is 0.351. The van der Waals surface area contributed by atoms with Gasteiger partial charge >= 0.3 is 6.18 Å². The Morgan fingerprint density at radius 3 is 2.41 bits per heavy atom. The fourth-order valence-electron chi connectivity index (χ4n) is 1.84. The summed E-state index contributed by atoms with van der Waals surface area (Å²) in [6.07, 6.45) is -4.67. The fourth-order valence-corrected chi connectivity index (χ4v) is 1.84. The van der Waals surface area contributed by atoms with Gasteiger partial charge in [0.15, 0.2) is 0 Å². The van der Waals surface area contributed by atoms with Gasteiger partial charge in [0.05, 0.1) is 16.2 Å². The van der Waals surface area contributed by atoms with Crippen LogP contribution < -0.4 is 5.73 Å². The second-order valence-corrected chi connectivity index (χ2v) is 4.26. The Morgan fingerprint density at radius 1 is 1.23 bits per heavy atom. The van der Waals surface area contributed by atoms with Crippen LogP contribution in [0.4, 0.5) is 18.9 Å². The van der Waals surface area contributed by atoms with Gasteiger partial charge in [-0.3, -0.25) is 14.9 Å². The van der Waals surface area contributed by atoms with Crippen molar-refractivity contribution in [3.63, 3.8) is 0 Å². The van der Waals surface area contributed by atoms with Crippen LogP contribution in [0, 0.1) is 10.1 Å². The van der Waals surface area contributed by atoms with Crippen LogP contribution in [0.2, 0.25) is 0 Å². The maximum Gasteiger partial charge on any atom is 0.417 e. The number of carbonyl (C=O) groups excluding carboxylic acids is 1. The van der Waals surface area contributed by atoms with Gasteiger partial charge in [0.25, 0.3) is 11.6 Å². The number of hydrogen-bond donors (Lipinski definition) is 1. The van der Waals surface area contributed by atoms with Gasteiger partial charge in [-0.2, -0.15) is 13.2 Å². The van der Waals surface area contributed by atoms with Gasteiger partial charge in [-0.15, -0.1) is 0 Å². The van der Waals surface area contributed by atoms with Crippen molar-refractivity contribution in [1.82, 2.24) is 4.98 Å². The van der Waals surface area contributed by atoms with E-state index in [0.29, 0.717) is 0 Å². The van der Waals surface area contributed by atoms with E-state index in [-0.39, 0.29) is 11.3 Å². The van der Waals surface area contributed by atoms with Crippen molar-refractivity contribution in [2.75, 3.05) is 0 Å². The molecule has 114 valence electrons. The number of amides is 1. The number of primary amides is 1. The third kappa shape index (κ3) is 3.03. The highest BCUT2D eigenvalue weighted by Gasteiger charge is 2.34. The molecule has 2 N–H and O–H groups in total. The molecule has 0 saturated heterocycles. The number of nitrogens with two attached hydrogens (primary N) is 1. The van der Waals surface area contributed by atoms with Gasteiger partial charge in [-0.05, 0) is 6.07 Å². The first kappa shape index (κ1) is 15.4. The maximum atomic E-state index is 13.0. The molecule has 2 rings (SSSR count). The van der Waals surface area contributed by atoms with Crippen LogP contribution in [0.15, 0.2) is 36.4 Å². The van der Waals surface area contributed by atoms with Crippen molar-refractivity contribution in [2.45, 2.75) is 6.18 Å². The Bertz CT molecular complexity index is 727. The van der Waals surface area contributed by atoms with E-state index in [1.165, 1.54) is 12.1 Å². The highest BCUT2D eigenvalue weighted by atomic mass is 19.4. The molecule has 1 aromatic heterocycles. The van der Waals surface area contributed by atoms with E-state index in [1.807, 2.05) is 0 Å². The number of hydrogen-bond acceptors (Lipinski definition) is 4. The van der Waals surface area contributed by atoms with Crippen molar-refractivity contribution < 1.29 is 22.9 Å². The minimum atomic E-state index is -4.67. The summed E-state index contributed by atoms with van der Waals surface area (Å²) in [5.74, 6) is -1.07. The Hall–Kier alpha value is -2.97. The lowest BCUT2D eigenvalue weighted by Gasteiger charge is -2.12. The molecule has 0 spiro atoms. The van der Waals surface area contributed by atoms with E-state index < -0.39 is 34.0 Å². The Morgan fingerprint density at radius 2 is 1.86 bits per heavy atom. The van der Waals surface area contributed by atoms with E-state index >= 15 is 0 Å². The summed E-state index contributed by atoms with van der Waals surface area (Å²) in [5, 5.41) is 10.8. The Labute approximate surface area is 121 Å². The van der Waals surface area contributed by atoms with Crippen molar-refractivity contribution in [2.24, 2.45) is 5.73 Å². The molecule has 0 aliphatic heterocycles. The predicted molar refractivity (Wildman–Crippen MR) is 69.8 cm³/mol. The molecule has 0 radical (unpaired) electrons. The molecular formula is C13H8F3N3O3. The second kappa shape index (κ2) is 5.43. The maximum absolute atomic E-state index is 13.0. The Balaban J connectivity index is 2.73. The smallest absolute Gasteiger partial charge is 0.364 e. The number of aromatic nitrogens is 1. The first-order valence-corrected chi connectivity index (χ1v) is 5.83. The van der Waals surface area contributed by atoms with Crippen LogP contribution in [-0.4, -0.2) is 15.8 Å². The summed E-state index contributed by atoms with van der Waals surface area (Å²) in [5.41, 5.74) is 2.21. The molecule has 2 aromatic rings. The third-order valence-corrected chi connectivity index (χ3v) is 2.78. The van der Waals surface area contributed by atoms with Gasteiger partial charge in [-0.1, -0.05) is 18.2 Å². The van der Waals surface area contributed by atoms with Gasteiger partial charge in [0.2, 0.25) is 0 Å². The van der Waals surface area contributed by atoms with Gasteiger partial charge < -0.3 is 5.73 Å². The lowest BCUT2D eigenvalue weighted by Crippen LogP contribution is -2.14. The monoisotopic (exact) mass is 311 g/mol. The van der Waals surface area contributed by atoms with Gasteiger partial charge in [0.1, 0.15) is 5.69 Å². The zero-order chi connectivity index (χ0) is 16.5. The van der Waals surface area contributed by atoms with Crippen molar-refractivity contribution in [3.8, 4) is 11.3 Å². The zero-order valence-corrected chi connectivity index (χ0v) is 10.8. The van der Waals surface area contributed by atoms with Crippen LogP contribution in [-0.2, 0) is 6.18 Å². The first-order chi connectivity index (χ1) is 10.2. The number of pyridine rings is 1. The standard InChI is InChI=1S/C13H8F3N3O3/c14-13(15,16)9-4-2-1-3-8(9)10-5-7(19(21)22)6-11(18-10)12(17)20/h1-6H,(H2,17,20). The SMILES string of the molecule is NC(=O)c1cc([N+](=O)[O-])cc(-c2ccccc2C(F)(F)F)n1. The molecule has 0 unspecified atom stereocenters. The first-order valence-electron chi connectivity index (χ1n) is 5.83. The molecule has 0 aliphatic carbocycles. The van der Waals surface area contributed by atoms with E-state index in [1.54, 1.807) is 0 Å². The lowest BCUT2D eigenvalue weighted by atomic mass is 10.0. The highest BCUT2D eigenvalue weighted by Crippen LogP contribution is 2.37. The molecule has 0 bridgehead atoms. The molecule has 1 aromatic carbocycles. The quantitative estimate of drug-likeness (QED) is 0.696. The molecular weight excluding hydrogens is 303 g/mol. The number of alkyl halides is 3.